The van der Waals surface area contributed by atoms with E-state index in [-0.39, 0.29) is 23.1 Å². The Morgan fingerprint density at radius 3 is 2.75 bits per heavy atom. The van der Waals surface area contributed by atoms with Crippen LogP contribution in [0.3, 0.4) is 0 Å². The summed E-state index contributed by atoms with van der Waals surface area (Å²) in [6, 6.07) is 0.0475. The van der Waals surface area contributed by atoms with Gasteiger partial charge in [0.1, 0.15) is 14.3 Å². The number of nitrogens with zero attached hydrogens (tertiary/aromatic N) is 2. The predicted molar refractivity (Wildman–Crippen MR) is 81.7 cm³/mol. The molecule has 0 radical (unpaired) electrons. The van der Waals surface area contributed by atoms with Gasteiger partial charge in [0.25, 0.3) is 5.56 Å². The van der Waals surface area contributed by atoms with E-state index in [1.54, 1.807) is 12.3 Å². The molecule has 0 unspecified atom stereocenters. The number of hydrogen-bond acceptors (Lipinski definition) is 5. The van der Waals surface area contributed by atoms with Gasteiger partial charge in [0.2, 0.25) is 0 Å². The Kier molecular flexibility index (Phi) is 4.64. The zero-order chi connectivity index (χ0) is 14.8. The predicted octanol–water partition coefficient (Wildman–Crippen LogP) is 1.18. The van der Waals surface area contributed by atoms with Crippen LogP contribution in [0, 0.1) is 0 Å². The second-order valence-electron chi connectivity index (χ2n) is 4.72. The molecule has 6 nitrogen and oxygen atoms in total. The summed E-state index contributed by atoms with van der Waals surface area (Å²) in [5.41, 5.74) is 0.359. The van der Waals surface area contributed by atoms with E-state index in [9.17, 15) is 13.2 Å². The van der Waals surface area contributed by atoms with Gasteiger partial charge in [-0.15, -0.1) is 6.58 Å². The van der Waals surface area contributed by atoms with Gasteiger partial charge in [-0.05, 0) is 28.8 Å². The zero-order valence-electron chi connectivity index (χ0n) is 10.9. The van der Waals surface area contributed by atoms with E-state index in [1.165, 1.54) is 4.68 Å². The largest absolute Gasteiger partial charge is 0.380 e. The molecule has 110 valence electrons. The number of halogens is 1. The Bertz CT molecular complexity index is 655. The topological polar surface area (TPSA) is 81.1 Å². The highest BCUT2D eigenvalue weighted by molar-refractivity contribution is 9.10. The van der Waals surface area contributed by atoms with Crippen molar-refractivity contribution in [2.24, 2.45) is 0 Å². The first kappa shape index (κ1) is 15.2. The van der Waals surface area contributed by atoms with Crippen molar-refractivity contribution in [1.82, 2.24) is 9.78 Å². The Morgan fingerprint density at radius 2 is 2.15 bits per heavy atom. The summed E-state index contributed by atoms with van der Waals surface area (Å²) in [5.74, 6) is 0.368. The van der Waals surface area contributed by atoms with Gasteiger partial charge in [-0.3, -0.25) is 4.79 Å². The summed E-state index contributed by atoms with van der Waals surface area (Å²) >= 11 is 3.26. The SMILES string of the molecule is C=CCn1ncc(NC2CCS(=O)(=O)CC2)c(Br)c1=O. The minimum atomic E-state index is -2.88. The van der Waals surface area contributed by atoms with Crippen LogP contribution in [0.4, 0.5) is 5.69 Å². The summed E-state index contributed by atoms with van der Waals surface area (Å²) < 4.78 is 24.5. The molecule has 0 aromatic carbocycles. The van der Waals surface area contributed by atoms with Crippen molar-refractivity contribution >= 4 is 31.5 Å². The number of anilines is 1. The van der Waals surface area contributed by atoms with Crippen LogP contribution in [0.5, 0.6) is 0 Å². The highest BCUT2D eigenvalue weighted by Crippen LogP contribution is 2.21. The molecular formula is C12H16BrN3O3S. The van der Waals surface area contributed by atoms with E-state index < -0.39 is 9.84 Å². The third kappa shape index (κ3) is 3.49. The minimum absolute atomic E-state index is 0.0475. The third-order valence-corrected chi connectivity index (χ3v) is 5.68. The van der Waals surface area contributed by atoms with Gasteiger partial charge >= 0.3 is 0 Å². The summed E-state index contributed by atoms with van der Waals surface area (Å²) in [6.45, 7) is 3.92. The first-order chi connectivity index (χ1) is 9.43. The molecule has 2 rings (SSSR count). The van der Waals surface area contributed by atoms with Crippen molar-refractivity contribution in [2.45, 2.75) is 25.4 Å². The number of aromatic nitrogens is 2. The molecular weight excluding hydrogens is 346 g/mol. The molecule has 20 heavy (non-hydrogen) atoms. The van der Waals surface area contributed by atoms with Gasteiger partial charge in [-0.2, -0.15) is 5.10 Å². The van der Waals surface area contributed by atoms with E-state index >= 15 is 0 Å². The maximum atomic E-state index is 12.0. The van der Waals surface area contributed by atoms with Crippen molar-refractivity contribution in [2.75, 3.05) is 16.8 Å². The average Bonchev–Trinajstić information content (AvgIpc) is 2.41. The highest BCUT2D eigenvalue weighted by atomic mass is 79.9. The van der Waals surface area contributed by atoms with E-state index in [2.05, 4.69) is 32.9 Å². The van der Waals surface area contributed by atoms with Crippen LogP contribution >= 0.6 is 15.9 Å². The fourth-order valence-corrected chi connectivity index (χ4v) is 3.99. The molecule has 1 saturated heterocycles. The summed E-state index contributed by atoms with van der Waals surface area (Å²) in [6.07, 6.45) is 4.26. The number of sulfone groups is 1. The monoisotopic (exact) mass is 361 g/mol. The van der Waals surface area contributed by atoms with Gasteiger partial charge in [0.05, 0.1) is 29.9 Å². The summed E-state index contributed by atoms with van der Waals surface area (Å²) in [4.78, 5) is 12.0. The molecule has 0 aliphatic carbocycles. The lowest BCUT2D eigenvalue weighted by molar-refractivity contribution is 0.559. The zero-order valence-corrected chi connectivity index (χ0v) is 13.3. The molecule has 0 amide bonds. The number of allylic oxidation sites excluding steroid dienone is 1. The molecule has 1 aliphatic rings. The summed E-state index contributed by atoms with van der Waals surface area (Å²) in [7, 11) is -2.88. The smallest absolute Gasteiger partial charge is 0.283 e. The average molecular weight is 362 g/mol. The van der Waals surface area contributed by atoms with E-state index in [0.29, 0.717) is 29.5 Å². The van der Waals surface area contributed by atoms with Crippen LogP contribution in [0.2, 0.25) is 0 Å². The quantitative estimate of drug-likeness (QED) is 0.814. The lowest BCUT2D eigenvalue weighted by atomic mass is 10.1. The van der Waals surface area contributed by atoms with Crippen molar-refractivity contribution in [1.29, 1.82) is 0 Å². The standard InChI is InChI=1S/C12H16BrN3O3S/c1-2-5-16-12(17)11(13)10(8-14-16)15-9-3-6-20(18,19)7-4-9/h2,8-9,15H,1,3-7H2. The number of rotatable bonds is 4. The Balaban J connectivity index is 2.13. The van der Waals surface area contributed by atoms with Crippen molar-refractivity contribution in [3.8, 4) is 0 Å². The minimum Gasteiger partial charge on any atom is -0.380 e. The van der Waals surface area contributed by atoms with Crippen molar-refractivity contribution in [3.63, 3.8) is 0 Å². The van der Waals surface area contributed by atoms with Crippen LogP contribution in [0.25, 0.3) is 0 Å². The maximum absolute atomic E-state index is 12.0. The van der Waals surface area contributed by atoms with Crippen LogP contribution in [-0.2, 0) is 16.4 Å². The Hall–Kier alpha value is -1.15. The van der Waals surface area contributed by atoms with Crippen molar-refractivity contribution in [3.05, 3.63) is 33.7 Å². The molecule has 1 N–H and O–H groups in total. The van der Waals surface area contributed by atoms with Crippen LogP contribution in [-0.4, -0.2) is 35.7 Å². The first-order valence-corrected chi connectivity index (χ1v) is 8.88. The molecule has 1 aromatic rings. The second kappa shape index (κ2) is 6.09. The highest BCUT2D eigenvalue weighted by Gasteiger charge is 2.24. The molecule has 1 fully saturated rings. The normalized spacial score (nSPS) is 18.6. The van der Waals surface area contributed by atoms with Gasteiger partial charge in [-0.25, -0.2) is 13.1 Å². The molecule has 1 aromatic heterocycles. The van der Waals surface area contributed by atoms with Gasteiger partial charge in [0, 0.05) is 6.04 Å². The van der Waals surface area contributed by atoms with Crippen LogP contribution in [0.1, 0.15) is 12.8 Å². The second-order valence-corrected chi connectivity index (χ2v) is 7.82. The molecule has 8 heteroatoms. The summed E-state index contributed by atoms with van der Waals surface area (Å²) in [5, 5.41) is 7.23. The van der Waals surface area contributed by atoms with Crippen molar-refractivity contribution < 1.29 is 8.42 Å². The Labute approximate surface area is 125 Å². The maximum Gasteiger partial charge on any atom is 0.283 e. The molecule has 0 bridgehead atoms. The number of hydrogen-bond donors (Lipinski definition) is 1. The molecule has 2 heterocycles. The molecule has 0 atom stereocenters. The van der Waals surface area contributed by atoms with E-state index in [1.807, 2.05) is 0 Å². The van der Waals surface area contributed by atoms with E-state index in [0.717, 1.165) is 0 Å². The molecule has 0 spiro atoms. The lowest BCUT2D eigenvalue weighted by Crippen LogP contribution is -2.33. The Morgan fingerprint density at radius 1 is 1.50 bits per heavy atom. The first-order valence-electron chi connectivity index (χ1n) is 6.26. The number of nitrogens with one attached hydrogen (secondary N) is 1. The van der Waals surface area contributed by atoms with Gasteiger partial charge < -0.3 is 5.32 Å². The fraction of sp³-hybridized carbons (Fsp3) is 0.500. The van der Waals surface area contributed by atoms with Gasteiger partial charge in [0.15, 0.2) is 0 Å². The van der Waals surface area contributed by atoms with Gasteiger partial charge in [-0.1, -0.05) is 6.08 Å². The lowest BCUT2D eigenvalue weighted by Gasteiger charge is -2.24. The molecule has 0 saturated carbocycles. The van der Waals surface area contributed by atoms with E-state index in [4.69, 9.17) is 0 Å². The van der Waals surface area contributed by atoms with Crippen LogP contribution < -0.4 is 10.9 Å². The molecule has 1 aliphatic heterocycles. The third-order valence-electron chi connectivity index (χ3n) is 3.20. The fourth-order valence-electron chi connectivity index (χ4n) is 2.07. The van der Waals surface area contributed by atoms with Crippen LogP contribution in [0.15, 0.2) is 28.1 Å².